The first kappa shape index (κ1) is 11.9. The Kier molecular flexibility index (Phi) is 3.53. The van der Waals surface area contributed by atoms with Crippen molar-refractivity contribution in [2.75, 3.05) is 20.1 Å². The molecular formula is C13H24N2O. The predicted octanol–water partition coefficient (Wildman–Crippen LogP) is 1.78. The van der Waals surface area contributed by atoms with Crippen LogP contribution in [0.3, 0.4) is 0 Å². The van der Waals surface area contributed by atoms with E-state index >= 15 is 0 Å². The number of nitrogens with zero attached hydrogens (tertiary/aromatic N) is 1. The summed E-state index contributed by atoms with van der Waals surface area (Å²) in [6, 6.07) is 0. The van der Waals surface area contributed by atoms with Crippen molar-refractivity contribution >= 4 is 5.91 Å². The molecule has 0 aromatic heterocycles. The Hall–Kier alpha value is -0.570. The van der Waals surface area contributed by atoms with Gasteiger partial charge >= 0.3 is 0 Å². The van der Waals surface area contributed by atoms with Gasteiger partial charge in [-0.2, -0.15) is 0 Å². The molecule has 0 aromatic carbocycles. The average Bonchev–Trinajstić information content (AvgIpc) is 2.96. The molecule has 0 atom stereocenters. The Morgan fingerprint density at radius 2 is 2.12 bits per heavy atom. The van der Waals surface area contributed by atoms with Gasteiger partial charge in [-0.3, -0.25) is 4.79 Å². The summed E-state index contributed by atoms with van der Waals surface area (Å²) >= 11 is 0. The zero-order valence-corrected chi connectivity index (χ0v) is 10.6. The summed E-state index contributed by atoms with van der Waals surface area (Å²) in [6.45, 7) is 4.61. The van der Waals surface area contributed by atoms with Crippen molar-refractivity contribution in [3.8, 4) is 0 Å². The second-order valence-corrected chi connectivity index (χ2v) is 5.66. The van der Waals surface area contributed by atoms with Crippen LogP contribution in [-0.2, 0) is 4.79 Å². The van der Waals surface area contributed by atoms with Crippen LogP contribution in [0, 0.1) is 5.92 Å². The fourth-order valence-electron chi connectivity index (χ4n) is 2.64. The highest BCUT2D eigenvalue weighted by Gasteiger charge is 2.41. The van der Waals surface area contributed by atoms with Crippen LogP contribution in [0.15, 0.2) is 0 Å². The van der Waals surface area contributed by atoms with E-state index in [1.807, 2.05) is 0 Å². The van der Waals surface area contributed by atoms with Gasteiger partial charge in [0.15, 0.2) is 0 Å². The number of carbonyl (C=O) groups excluding carboxylic acids is 1. The van der Waals surface area contributed by atoms with E-state index in [0.29, 0.717) is 0 Å². The maximum atomic E-state index is 11.7. The van der Waals surface area contributed by atoms with Crippen molar-refractivity contribution in [3.63, 3.8) is 0 Å². The molecule has 92 valence electrons. The molecule has 1 amide bonds. The smallest absolute Gasteiger partial charge is 0.220 e. The molecule has 3 heteroatoms. The number of nitrogens with one attached hydrogen (secondary N) is 1. The molecule has 2 aliphatic rings. The van der Waals surface area contributed by atoms with E-state index in [1.165, 1.54) is 32.4 Å². The van der Waals surface area contributed by atoms with Gasteiger partial charge in [-0.15, -0.1) is 0 Å². The minimum absolute atomic E-state index is 0.202. The van der Waals surface area contributed by atoms with Crippen molar-refractivity contribution in [3.05, 3.63) is 0 Å². The Morgan fingerprint density at radius 1 is 1.44 bits per heavy atom. The highest BCUT2D eigenvalue weighted by atomic mass is 16.1. The monoisotopic (exact) mass is 224 g/mol. The van der Waals surface area contributed by atoms with Crippen LogP contribution in [0.1, 0.15) is 45.4 Å². The third-order valence-corrected chi connectivity index (χ3v) is 4.09. The second kappa shape index (κ2) is 4.74. The first-order valence-corrected chi connectivity index (χ1v) is 6.63. The van der Waals surface area contributed by atoms with Gasteiger partial charge in [-0.25, -0.2) is 0 Å². The highest BCUT2D eigenvalue weighted by Crippen LogP contribution is 2.38. The average molecular weight is 224 g/mol. The molecule has 0 unspecified atom stereocenters. The standard InChI is InChI=1S/C13H24N2O/c1-3-13(7-8-13)14-12(16)6-4-5-11-9-15(2)10-11/h11H,3-10H2,1-2H3,(H,14,16). The van der Waals surface area contributed by atoms with Gasteiger partial charge in [0, 0.05) is 25.0 Å². The maximum Gasteiger partial charge on any atom is 0.220 e. The van der Waals surface area contributed by atoms with Gasteiger partial charge in [0.25, 0.3) is 0 Å². The molecule has 3 nitrogen and oxygen atoms in total. The molecule has 16 heavy (non-hydrogen) atoms. The van der Waals surface area contributed by atoms with E-state index < -0.39 is 0 Å². The zero-order chi connectivity index (χ0) is 11.6. The molecule has 1 aliphatic heterocycles. The summed E-state index contributed by atoms with van der Waals surface area (Å²) in [4.78, 5) is 14.0. The fraction of sp³-hybridized carbons (Fsp3) is 0.923. The summed E-state index contributed by atoms with van der Waals surface area (Å²) in [6.07, 6.45) is 6.46. The van der Waals surface area contributed by atoms with Crippen molar-refractivity contribution in [2.45, 2.75) is 51.0 Å². The normalized spacial score (nSPS) is 23.9. The number of hydrogen-bond acceptors (Lipinski definition) is 2. The molecule has 1 aliphatic carbocycles. The summed E-state index contributed by atoms with van der Waals surface area (Å²) in [5, 5.41) is 3.19. The van der Waals surface area contributed by atoms with E-state index in [9.17, 15) is 4.79 Å². The van der Waals surface area contributed by atoms with Crippen molar-refractivity contribution in [1.29, 1.82) is 0 Å². The van der Waals surface area contributed by atoms with Crippen LogP contribution in [0.5, 0.6) is 0 Å². The Morgan fingerprint density at radius 3 is 2.62 bits per heavy atom. The quantitative estimate of drug-likeness (QED) is 0.746. The summed E-state index contributed by atoms with van der Waals surface area (Å²) in [7, 11) is 2.15. The predicted molar refractivity (Wildman–Crippen MR) is 65.2 cm³/mol. The Balaban J connectivity index is 1.54. The molecule has 0 bridgehead atoms. The first-order chi connectivity index (χ1) is 7.63. The van der Waals surface area contributed by atoms with Gasteiger partial charge in [0.2, 0.25) is 5.91 Å². The van der Waals surface area contributed by atoms with Gasteiger partial charge in [0.1, 0.15) is 0 Å². The molecule has 2 fully saturated rings. The molecule has 1 saturated heterocycles. The molecule has 2 rings (SSSR count). The number of hydrogen-bond donors (Lipinski definition) is 1. The lowest BCUT2D eigenvalue weighted by Crippen LogP contribution is -2.43. The highest BCUT2D eigenvalue weighted by molar-refractivity contribution is 5.77. The van der Waals surface area contributed by atoms with Gasteiger partial charge in [-0.1, -0.05) is 6.92 Å². The third kappa shape index (κ3) is 2.97. The minimum atomic E-state index is 0.202. The van der Waals surface area contributed by atoms with Crippen LogP contribution in [0.25, 0.3) is 0 Å². The van der Waals surface area contributed by atoms with E-state index in [2.05, 4.69) is 24.2 Å². The third-order valence-electron chi connectivity index (χ3n) is 4.09. The van der Waals surface area contributed by atoms with E-state index in [-0.39, 0.29) is 11.4 Å². The van der Waals surface area contributed by atoms with Crippen molar-refractivity contribution < 1.29 is 4.79 Å². The van der Waals surface area contributed by atoms with Gasteiger partial charge in [0.05, 0.1) is 0 Å². The topological polar surface area (TPSA) is 32.3 Å². The number of amides is 1. The second-order valence-electron chi connectivity index (χ2n) is 5.66. The summed E-state index contributed by atoms with van der Waals surface area (Å²) in [5.41, 5.74) is 0.202. The molecule has 1 saturated carbocycles. The molecule has 0 aromatic rings. The maximum absolute atomic E-state index is 11.7. The minimum Gasteiger partial charge on any atom is -0.351 e. The number of rotatable bonds is 6. The van der Waals surface area contributed by atoms with E-state index in [4.69, 9.17) is 0 Å². The number of likely N-dealkylation sites (tertiary alicyclic amines) is 1. The number of carbonyl (C=O) groups is 1. The fourth-order valence-corrected chi connectivity index (χ4v) is 2.64. The van der Waals surface area contributed by atoms with E-state index in [0.717, 1.165) is 25.2 Å². The van der Waals surface area contributed by atoms with Crippen molar-refractivity contribution in [1.82, 2.24) is 10.2 Å². The van der Waals surface area contributed by atoms with Crippen LogP contribution in [0.4, 0.5) is 0 Å². The Labute approximate surface area is 98.6 Å². The van der Waals surface area contributed by atoms with Crippen LogP contribution < -0.4 is 5.32 Å². The van der Waals surface area contributed by atoms with Gasteiger partial charge in [-0.05, 0) is 45.1 Å². The van der Waals surface area contributed by atoms with E-state index in [1.54, 1.807) is 0 Å². The largest absolute Gasteiger partial charge is 0.351 e. The Bertz CT molecular complexity index is 255. The SMILES string of the molecule is CCC1(NC(=O)CCCC2CN(C)C2)CC1. The molecule has 0 spiro atoms. The van der Waals surface area contributed by atoms with Crippen molar-refractivity contribution in [2.24, 2.45) is 5.92 Å². The van der Waals surface area contributed by atoms with Gasteiger partial charge < -0.3 is 10.2 Å². The molecule has 1 N–H and O–H groups in total. The summed E-state index contributed by atoms with van der Waals surface area (Å²) < 4.78 is 0. The van der Waals surface area contributed by atoms with Crippen LogP contribution >= 0.6 is 0 Å². The first-order valence-electron chi connectivity index (χ1n) is 6.63. The lowest BCUT2D eigenvalue weighted by Gasteiger charge is -2.36. The molecule has 1 heterocycles. The molecular weight excluding hydrogens is 200 g/mol. The zero-order valence-electron chi connectivity index (χ0n) is 10.6. The summed E-state index contributed by atoms with van der Waals surface area (Å²) in [5.74, 6) is 1.12. The lowest BCUT2D eigenvalue weighted by molar-refractivity contribution is -0.122. The lowest BCUT2D eigenvalue weighted by atomic mass is 9.94. The van der Waals surface area contributed by atoms with Crippen LogP contribution in [0.2, 0.25) is 0 Å². The van der Waals surface area contributed by atoms with Crippen LogP contribution in [-0.4, -0.2) is 36.5 Å². The molecule has 0 radical (unpaired) electrons.